The number of hydrogen-bond donors (Lipinski definition) is 1. The SMILES string of the molecule is CCC1CC(C)(C)CN(C)CC(C)(N)CC(C)C1C. The average Bonchev–Trinajstić information content (AvgIpc) is 2.20. The number of hydrogen-bond acceptors (Lipinski definition) is 2. The Kier molecular flexibility index (Phi) is 5.48. The zero-order valence-electron chi connectivity index (χ0n) is 14.3. The zero-order chi connectivity index (χ0) is 14.8. The molecule has 1 saturated heterocycles. The summed E-state index contributed by atoms with van der Waals surface area (Å²) in [5, 5.41) is 0. The van der Waals surface area contributed by atoms with Crippen molar-refractivity contribution in [1.29, 1.82) is 0 Å². The van der Waals surface area contributed by atoms with Crippen LogP contribution in [-0.4, -0.2) is 30.6 Å². The fourth-order valence-electron chi connectivity index (χ4n) is 4.33. The minimum atomic E-state index is -0.0614. The Morgan fingerprint density at radius 2 is 1.68 bits per heavy atom. The highest BCUT2D eigenvalue weighted by Gasteiger charge is 2.34. The van der Waals surface area contributed by atoms with Crippen molar-refractivity contribution in [3.8, 4) is 0 Å². The van der Waals surface area contributed by atoms with Crippen LogP contribution in [0.3, 0.4) is 0 Å². The lowest BCUT2D eigenvalue weighted by molar-refractivity contribution is 0.0868. The number of nitrogens with two attached hydrogens (primary N) is 1. The molecule has 1 fully saturated rings. The van der Waals surface area contributed by atoms with Crippen LogP contribution in [0.1, 0.15) is 60.8 Å². The lowest BCUT2D eigenvalue weighted by Crippen LogP contribution is -2.51. The van der Waals surface area contributed by atoms with Crippen LogP contribution in [0.4, 0.5) is 0 Å². The van der Waals surface area contributed by atoms with E-state index in [1.54, 1.807) is 0 Å². The molecule has 0 spiro atoms. The van der Waals surface area contributed by atoms with Crippen molar-refractivity contribution in [2.45, 2.75) is 66.3 Å². The van der Waals surface area contributed by atoms with E-state index in [4.69, 9.17) is 5.73 Å². The molecule has 0 amide bonds. The molecular formula is C17H36N2. The molecule has 1 aliphatic heterocycles. The molecule has 4 unspecified atom stereocenters. The molecule has 0 saturated carbocycles. The van der Waals surface area contributed by atoms with Crippen molar-refractivity contribution >= 4 is 0 Å². The van der Waals surface area contributed by atoms with E-state index in [0.29, 0.717) is 11.3 Å². The molecule has 0 aromatic rings. The van der Waals surface area contributed by atoms with Crippen LogP contribution in [0, 0.1) is 23.2 Å². The number of rotatable bonds is 1. The van der Waals surface area contributed by atoms with Gasteiger partial charge < -0.3 is 10.6 Å². The standard InChI is InChI=1S/C17H36N2/c1-8-15-10-16(4,5)11-19(7)12-17(6,18)9-13(2)14(15)3/h13-15H,8-12,18H2,1-7H3. The van der Waals surface area contributed by atoms with Crippen LogP contribution in [0.5, 0.6) is 0 Å². The molecule has 0 bridgehead atoms. The zero-order valence-corrected chi connectivity index (χ0v) is 14.3. The molecule has 4 atom stereocenters. The van der Waals surface area contributed by atoms with Gasteiger partial charge in [-0.15, -0.1) is 0 Å². The minimum Gasteiger partial charge on any atom is -0.324 e. The smallest absolute Gasteiger partial charge is 0.0257 e. The topological polar surface area (TPSA) is 29.3 Å². The molecule has 2 heteroatoms. The Morgan fingerprint density at radius 3 is 2.21 bits per heavy atom. The van der Waals surface area contributed by atoms with E-state index in [-0.39, 0.29) is 5.54 Å². The van der Waals surface area contributed by atoms with Gasteiger partial charge in [-0.05, 0) is 50.0 Å². The van der Waals surface area contributed by atoms with Crippen molar-refractivity contribution < 1.29 is 0 Å². The van der Waals surface area contributed by atoms with E-state index in [1.165, 1.54) is 12.8 Å². The van der Waals surface area contributed by atoms with Crippen LogP contribution >= 0.6 is 0 Å². The fraction of sp³-hybridized carbons (Fsp3) is 1.00. The van der Waals surface area contributed by atoms with Crippen LogP contribution in [0.15, 0.2) is 0 Å². The Bertz CT molecular complexity index is 283. The summed E-state index contributed by atoms with van der Waals surface area (Å²) in [5.41, 5.74) is 6.87. The van der Waals surface area contributed by atoms with Gasteiger partial charge >= 0.3 is 0 Å². The van der Waals surface area contributed by atoms with Gasteiger partial charge in [0.25, 0.3) is 0 Å². The third-order valence-electron chi connectivity index (χ3n) is 5.10. The molecular weight excluding hydrogens is 232 g/mol. The van der Waals surface area contributed by atoms with Gasteiger partial charge in [-0.3, -0.25) is 0 Å². The Morgan fingerprint density at radius 1 is 1.11 bits per heavy atom. The number of nitrogens with zero attached hydrogens (tertiary/aromatic N) is 1. The average molecular weight is 268 g/mol. The maximum absolute atomic E-state index is 6.54. The predicted octanol–water partition coefficient (Wildman–Crippen LogP) is 3.75. The van der Waals surface area contributed by atoms with Crippen LogP contribution < -0.4 is 5.73 Å². The molecule has 114 valence electrons. The molecule has 2 nitrogen and oxygen atoms in total. The highest BCUT2D eigenvalue weighted by atomic mass is 15.1. The third-order valence-corrected chi connectivity index (χ3v) is 5.10. The molecule has 19 heavy (non-hydrogen) atoms. The van der Waals surface area contributed by atoms with Gasteiger partial charge in [-0.1, -0.05) is 41.0 Å². The third kappa shape index (κ3) is 5.07. The van der Waals surface area contributed by atoms with E-state index in [9.17, 15) is 0 Å². The fourth-order valence-corrected chi connectivity index (χ4v) is 4.33. The summed E-state index contributed by atoms with van der Waals surface area (Å²) >= 11 is 0. The second-order valence-corrected chi connectivity index (χ2v) is 8.40. The molecule has 0 aliphatic carbocycles. The summed E-state index contributed by atoms with van der Waals surface area (Å²) in [7, 11) is 2.23. The summed E-state index contributed by atoms with van der Waals surface area (Å²) in [5.74, 6) is 2.31. The summed E-state index contributed by atoms with van der Waals surface area (Å²) < 4.78 is 0. The Balaban J connectivity index is 2.96. The Hall–Kier alpha value is -0.0800. The van der Waals surface area contributed by atoms with Crippen molar-refractivity contribution in [2.75, 3.05) is 20.1 Å². The summed E-state index contributed by atoms with van der Waals surface area (Å²) in [4.78, 5) is 2.44. The summed E-state index contributed by atoms with van der Waals surface area (Å²) in [6.45, 7) is 16.4. The second kappa shape index (κ2) is 6.13. The van der Waals surface area contributed by atoms with Crippen molar-refractivity contribution in [2.24, 2.45) is 28.9 Å². The van der Waals surface area contributed by atoms with Crippen molar-refractivity contribution in [3.63, 3.8) is 0 Å². The lowest BCUT2D eigenvalue weighted by atomic mass is 9.70. The van der Waals surface area contributed by atoms with E-state index in [1.807, 2.05) is 0 Å². The van der Waals surface area contributed by atoms with Crippen molar-refractivity contribution in [3.05, 3.63) is 0 Å². The molecule has 1 aliphatic rings. The van der Waals surface area contributed by atoms with Gasteiger partial charge in [-0.2, -0.15) is 0 Å². The normalized spacial score (nSPS) is 42.0. The second-order valence-electron chi connectivity index (χ2n) is 8.40. The highest BCUT2D eigenvalue weighted by Crippen LogP contribution is 2.38. The van der Waals surface area contributed by atoms with E-state index in [2.05, 4.69) is 53.5 Å². The lowest BCUT2D eigenvalue weighted by Gasteiger charge is -2.43. The van der Waals surface area contributed by atoms with Gasteiger partial charge in [-0.25, -0.2) is 0 Å². The van der Waals surface area contributed by atoms with Gasteiger partial charge in [0.15, 0.2) is 0 Å². The molecule has 1 rings (SSSR count). The largest absolute Gasteiger partial charge is 0.324 e. The van der Waals surface area contributed by atoms with E-state index >= 15 is 0 Å². The highest BCUT2D eigenvalue weighted by molar-refractivity contribution is 4.90. The first-order valence-electron chi connectivity index (χ1n) is 8.04. The first-order valence-corrected chi connectivity index (χ1v) is 8.04. The quantitative estimate of drug-likeness (QED) is 0.784. The maximum Gasteiger partial charge on any atom is 0.0257 e. The van der Waals surface area contributed by atoms with Crippen LogP contribution in [-0.2, 0) is 0 Å². The molecule has 0 aromatic heterocycles. The van der Waals surface area contributed by atoms with Crippen LogP contribution in [0.2, 0.25) is 0 Å². The molecule has 0 radical (unpaired) electrons. The molecule has 2 N–H and O–H groups in total. The van der Waals surface area contributed by atoms with Gasteiger partial charge in [0.1, 0.15) is 0 Å². The minimum absolute atomic E-state index is 0.0614. The molecule has 0 aromatic carbocycles. The Labute approximate surface area is 121 Å². The summed E-state index contributed by atoms with van der Waals surface area (Å²) in [6.07, 6.45) is 3.76. The number of likely N-dealkylation sites (N-methyl/N-ethyl adjacent to an activating group) is 1. The predicted molar refractivity (Wildman–Crippen MR) is 85.2 cm³/mol. The monoisotopic (exact) mass is 268 g/mol. The van der Waals surface area contributed by atoms with Crippen molar-refractivity contribution in [1.82, 2.24) is 4.90 Å². The first-order chi connectivity index (χ1) is 8.56. The van der Waals surface area contributed by atoms with E-state index < -0.39 is 0 Å². The van der Waals surface area contributed by atoms with Gasteiger partial charge in [0.05, 0.1) is 0 Å². The maximum atomic E-state index is 6.54. The van der Waals surface area contributed by atoms with Gasteiger partial charge in [0, 0.05) is 18.6 Å². The first kappa shape index (κ1) is 17.0. The van der Waals surface area contributed by atoms with Gasteiger partial charge in [0.2, 0.25) is 0 Å². The summed E-state index contributed by atoms with van der Waals surface area (Å²) in [6, 6.07) is 0. The van der Waals surface area contributed by atoms with E-state index in [0.717, 1.165) is 31.3 Å². The molecule has 1 heterocycles. The van der Waals surface area contributed by atoms with Crippen LogP contribution in [0.25, 0.3) is 0 Å².